The molecule has 0 saturated heterocycles. The van der Waals surface area contributed by atoms with Gasteiger partial charge in [-0.2, -0.15) is 0 Å². The molecule has 1 rings (SSSR count). The van der Waals surface area contributed by atoms with Gasteiger partial charge in [0.15, 0.2) is 5.78 Å². The molecule has 0 amide bonds. The summed E-state index contributed by atoms with van der Waals surface area (Å²) < 4.78 is 0. The molecule has 0 aliphatic rings. The van der Waals surface area contributed by atoms with Crippen molar-refractivity contribution in [3.8, 4) is 0 Å². The molecule has 0 aliphatic heterocycles. The fourth-order valence-electron chi connectivity index (χ4n) is 2.17. The molecule has 0 aromatic heterocycles. The van der Waals surface area contributed by atoms with Crippen LogP contribution in [0.1, 0.15) is 48.2 Å². The summed E-state index contributed by atoms with van der Waals surface area (Å²) in [5.74, 6) is -0.586. The van der Waals surface area contributed by atoms with Gasteiger partial charge in [-0.05, 0) is 44.4 Å². The Bertz CT molecular complexity index is 509. The van der Waals surface area contributed by atoms with Gasteiger partial charge in [-0.1, -0.05) is 31.5 Å². The fourth-order valence-corrected chi connectivity index (χ4v) is 2.17. The van der Waals surface area contributed by atoms with Crippen LogP contribution in [0.25, 0.3) is 0 Å². The normalized spacial score (nSPS) is 12.4. The Kier molecular flexibility index (Phi) is 6.56. The summed E-state index contributed by atoms with van der Waals surface area (Å²) in [6, 6.07) is 5.01. The lowest BCUT2D eigenvalue weighted by atomic mass is 9.95. The first-order chi connectivity index (χ1) is 9.81. The molecule has 0 bridgehead atoms. The van der Waals surface area contributed by atoms with Crippen molar-refractivity contribution >= 4 is 11.8 Å². The van der Waals surface area contributed by atoms with E-state index in [-0.39, 0.29) is 12.2 Å². The molecule has 0 fully saturated rings. The van der Waals surface area contributed by atoms with E-state index in [1.54, 1.807) is 0 Å². The van der Waals surface area contributed by atoms with Crippen molar-refractivity contribution in [2.75, 3.05) is 6.54 Å². The molecule has 1 aromatic rings. The van der Waals surface area contributed by atoms with Gasteiger partial charge < -0.3 is 10.4 Å². The lowest BCUT2D eigenvalue weighted by molar-refractivity contribution is -0.137. The van der Waals surface area contributed by atoms with Crippen LogP contribution in [0.4, 0.5) is 0 Å². The van der Waals surface area contributed by atoms with Crippen LogP contribution in [0.3, 0.4) is 0 Å². The second-order valence-electron chi connectivity index (χ2n) is 5.97. The zero-order chi connectivity index (χ0) is 16.0. The highest BCUT2D eigenvalue weighted by Crippen LogP contribution is 2.14. The van der Waals surface area contributed by atoms with Crippen LogP contribution in [0, 0.1) is 19.8 Å². The zero-order valence-electron chi connectivity index (χ0n) is 13.3. The molecular formula is C17H25NO3. The minimum atomic E-state index is -0.962. The van der Waals surface area contributed by atoms with Crippen LogP contribution in [-0.4, -0.2) is 29.4 Å². The molecule has 0 heterocycles. The molecule has 4 heteroatoms. The Labute approximate surface area is 126 Å². The van der Waals surface area contributed by atoms with Gasteiger partial charge in [0.2, 0.25) is 0 Å². The summed E-state index contributed by atoms with van der Waals surface area (Å²) in [7, 11) is 0. The van der Waals surface area contributed by atoms with Crippen molar-refractivity contribution in [3.63, 3.8) is 0 Å². The number of rotatable bonds is 8. The molecule has 0 radical (unpaired) electrons. The van der Waals surface area contributed by atoms with E-state index < -0.39 is 12.0 Å². The quantitative estimate of drug-likeness (QED) is 0.723. The summed E-state index contributed by atoms with van der Waals surface area (Å²) in [4.78, 5) is 23.6. The van der Waals surface area contributed by atoms with Crippen molar-refractivity contribution < 1.29 is 14.7 Å². The molecule has 0 aliphatic carbocycles. The number of aryl methyl sites for hydroxylation is 2. The largest absolute Gasteiger partial charge is 0.481 e. The summed E-state index contributed by atoms with van der Waals surface area (Å²) in [6.07, 6.45) is 0.723. The molecule has 116 valence electrons. The van der Waals surface area contributed by atoms with Gasteiger partial charge in [0, 0.05) is 5.56 Å². The minimum absolute atomic E-state index is 0.137. The van der Waals surface area contributed by atoms with Crippen LogP contribution in [0.5, 0.6) is 0 Å². The molecule has 21 heavy (non-hydrogen) atoms. The minimum Gasteiger partial charge on any atom is -0.481 e. The van der Waals surface area contributed by atoms with E-state index in [2.05, 4.69) is 19.2 Å². The molecule has 0 spiro atoms. The zero-order valence-corrected chi connectivity index (χ0v) is 13.3. The van der Waals surface area contributed by atoms with Crippen LogP contribution < -0.4 is 5.32 Å². The first-order valence-electron chi connectivity index (χ1n) is 7.38. The molecule has 4 nitrogen and oxygen atoms in total. The molecule has 1 unspecified atom stereocenters. The Hall–Kier alpha value is -1.68. The number of nitrogens with one attached hydrogen (secondary N) is 1. The van der Waals surface area contributed by atoms with Crippen LogP contribution >= 0.6 is 0 Å². The second kappa shape index (κ2) is 7.93. The third kappa shape index (κ3) is 5.68. The summed E-state index contributed by atoms with van der Waals surface area (Å²) in [5, 5.41) is 12.1. The maximum Gasteiger partial charge on any atom is 0.305 e. The first-order valence-corrected chi connectivity index (χ1v) is 7.38. The number of hydrogen-bond donors (Lipinski definition) is 2. The smallest absolute Gasteiger partial charge is 0.305 e. The lowest BCUT2D eigenvalue weighted by Crippen LogP contribution is -2.39. The van der Waals surface area contributed by atoms with Gasteiger partial charge in [0.1, 0.15) is 0 Å². The molecule has 1 aromatic carbocycles. The average Bonchev–Trinajstić information content (AvgIpc) is 2.39. The van der Waals surface area contributed by atoms with Crippen LogP contribution in [-0.2, 0) is 4.79 Å². The predicted octanol–water partition coefficient (Wildman–Crippen LogP) is 2.97. The van der Waals surface area contributed by atoms with Crippen molar-refractivity contribution in [3.05, 3.63) is 34.9 Å². The summed E-state index contributed by atoms with van der Waals surface area (Å²) in [6.45, 7) is 8.64. The third-order valence-corrected chi connectivity index (χ3v) is 3.47. The first kappa shape index (κ1) is 17.4. The number of benzene rings is 1. The number of carbonyl (C=O) groups is 2. The Balaban J connectivity index is 2.88. The fraction of sp³-hybridized carbons (Fsp3) is 0.529. The van der Waals surface area contributed by atoms with Gasteiger partial charge in [-0.25, -0.2) is 0 Å². The second-order valence-corrected chi connectivity index (χ2v) is 5.97. The summed E-state index contributed by atoms with van der Waals surface area (Å²) >= 11 is 0. The number of carboxylic acids is 1. The Morgan fingerprint density at radius 2 is 1.90 bits per heavy atom. The van der Waals surface area contributed by atoms with Crippen molar-refractivity contribution in [2.45, 2.75) is 46.6 Å². The van der Waals surface area contributed by atoms with E-state index in [1.165, 1.54) is 0 Å². The maximum absolute atomic E-state index is 12.6. The van der Waals surface area contributed by atoms with Crippen LogP contribution in [0.2, 0.25) is 0 Å². The van der Waals surface area contributed by atoms with E-state index in [1.807, 2.05) is 32.0 Å². The SMILES string of the molecule is Cc1ccc(C)c(C(=O)C(CC(=O)O)NCCC(C)C)c1. The highest BCUT2D eigenvalue weighted by Gasteiger charge is 2.23. The monoisotopic (exact) mass is 291 g/mol. The average molecular weight is 291 g/mol. The Morgan fingerprint density at radius 3 is 2.48 bits per heavy atom. The molecule has 0 saturated carbocycles. The van der Waals surface area contributed by atoms with Crippen molar-refractivity contribution in [1.29, 1.82) is 0 Å². The molecule has 2 N–H and O–H groups in total. The predicted molar refractivity (Wildman–Crippen MR) is 83.7 cm³/mol. The van der Waals surface area contributed by atoms with E-state index in [9.17, 15) is 9.59 Å². The number of carboxylic acid groups (broad SMARTS) is 1. The highest BCUT2D eigenvalue weighted by atomic mass is 16.4. The van der Waals surface area contributed by atoms with Crippen molar-refractivity contribution in [2.24, 2.45) is 5.92 Å². The van der Waals surface area contributed by atoms with Crippen molar-refractivity contribution in [1.82, 2.24) is 5.32 Å². The molecule has 1 atom stereocenters. The maximum atomic E-state index is 12.6. The number of Topliss-reactive ketones (excluding diaryl/α,β-unsaturated/α-hetero) is 1. The number of carbonyl (C=O) groups excluding carboxylic acids is 1. The summed E-state index contributed by atoms with van der Waals surface area (Å²) in [5.41, 5.74) is 2.49. The van der Waals surface area contributed by atoms with E-state index in [4.69, 9.17) is 5.11 Å². The van der Waals surface area contributed by atoms with Gasteiger partial charge in [-0.15, -0.1) is 0 Å². The standard InChI is InChI=1S/C17H25NO3/c1-11(2)7-8-18-15(10-16(19)20)17(21)14-9-12(3)5-6-13(14)4/h5-6,9,11,15,18H,7-8,10H2,1-4H3,(H,19,20). The van der Waals surface area contributed by atoms with Gasteiger partial charge in [0.25, 0.3) is 0 Å². The lowest BCUT2D eigenvalue weighted by Gasteiger charge is -2.18. The highest BCUT2D eigenvalue weighted by molar-refractivity contribution is 6.02. The van der Waals surface area contributed by atoms with E-state index in [0.717, 1.165) is 17.5 Å². The molecular weight excluding hydrogens is 266 g/mol. The van der Waals surface area contributed by atoms with Gasteiger partial charge in [0.05, 0.1) is 12.5 Å². The van der Waals surface area contributed by atoms with Crippen LogP contribution in [0.15, 0.2) is 18.2 Å². The van der Waals surface area contributed by atoms with Gasteiger partial charge in [-0.3, -0.25) is 9.59 Å². The Morgan fingerprint density at radius 1 is 1.24 bits per heavy atom. The van der Waals surface area contributed by atoms with E-state index >= 15 is 0 Å². The number of ketones is 1. The topological polar surface area (TPSA) is 66.4 Å². The van der Waals surface area contributed by atoms with Gasteiger partial charge >= 0.3 is 5.97 Å². The third-order valence-electron chi connectivity index (χ3n) is 3.47. The number of aliphatic carboxylic acids is 1. The number of hydrogen-bond acceptors (Lipinski definition) is 3. The van der Waals surface area contributed by atoms with E-state index in [0.29, 0.717) is 18.0 Å².